The number of hydrogen-bond donors (Lipinski definition) is 0. The SMILES string of the molecule is CCOc1ccc(C(=O)OCc2cc([N+](=O)[O-])cc3c2OCOC3)cc1. The summed E-state index contributed by atoms with van der Waals surface area (Å²) < 4.78 is 21.2. The van der Waals surface area contributed by atoms with Gasteiger partial charge in [-0.05, 0) is 31.2 Å². The predicted octanol–water partition coefficient (Wildman–Crippen LogP) is 3.22. The van der Waals surface area contributed by atoms with Gasteiger partial charge in [-0.2, -0.15) is 0 Å². The minimum atomic E-state index is -0.541. The number of nitro groups is 1. The minimum Gasteiger partial charge on any atom is -0.494 e. The Balaban J connectivity index is 1.75. The fraction of sp³-hybridized carbons (Fsp3) is 0.278. The van der Waals surface area contributed by atoms with Gasteiger partial charge in [0.15, 0.2) is 6.79 Å². The highest BCUT2D eigenvalue weighted by Crippen LogP contribution is 2.33. The highest BCUT2D eigenvalue weighted by Gasteiger charge is 2.22. The van der Waals surface area contributed by atoms with E-state index in [1.807, 2.05) is 6.92 Å². The number of nitrogens with zero attached hydrogens (tertiary/aromatic N) is 1. The van der Waals surface area contributed by atoms with Crippen molar-refractivity contribution in [1.82, 2.24) is 0 Å². The molecule has 0 aliphatic carbocycles. The van der Waals surface area contributed by atoms with Gasteiger partial charge in [0.1, 0.15) is 18.1 Å². The monoisotopic (exact) mass is 359 g/mol. The number of non-ortho nitro benzene ring substituents is 1. The van der Waals surface area contributed by atoms with Crippen LogP contribution in [0.1, 0.15) is 28.4 Å². The Morgan fingerprint density at radius 3 is 2.73 bits per heavy atom. The Kier molecular flexibility index (Phi) is 5.33. The Morgan fingerprint density at radius 2 is 2.04 bits per heavy atom. The summed E-state index contributed by atoms with van der Waals surface area (Å²) in [5, 5.41) is 11.1. The molecule has 0 aromatic heterocycles. The molecule has 0 unspecified atom stereocenters. The van der Waals surface area contributed by atoms with E-state index in [0.29, 0.717) is 34.8 Å². The topological polar surface area (TPSA) is 97.1 Å². The van der Waals surface area contributed by atoms with Crippen LogP contribution < -0.4 is 9.47 Å². The zero-order valence-electron chi connectivity index (χ0n) is 14.1. The summed E-state index contributed by atoms with van der Waals surface area (Å²) in [5.41, 5.74) is 1.23. The Morgan fingerprint density at radius 1 is 1.27 bits per heavy atom. The van der Waals surface area contributed by atoms with E-state index in [2.05, 4.69) is 0 Å². The van der Waals surface area contributed by atoms with Gasteiger partial charge < -0.3 is 18.9 Å². The molecule has 8 nitrogen and oxygen atoms in total. The van der Waals surface area contributed by atoms with Crippen LogP contribution in [0.25, 0.3) is 0 Å². The minimum absolute atomic E-state index is 0.0463. The molecule has 0 amide bonds. The molecule has 3 rings (SSSR count). The van der Waals surface area contributed by atoms with Gasteiger partial charge in [-0.15, -0.1) is 0 Å². The van der Waals surface area contributed by atoms with Gasteiger partial charge >= 0.3 is 5.97 Å². The summed E-state index contributed by atoms with van der Waals surface area (Å²) in [7, 11) is 0. The van der Waals surface area contributed by atoms with E-state index in [0.717, 1.165) is 0 Å². The molecule has 2 aromatic rings. The van der Waals surface area contributed by atoms with E-state index in [-0.39, 0.29) is 25.7 Å². The van der Waals surface area contributed by atoms with Crippen LogP contribution >= 0.6 is 0 Å². The van der Waals surface area contributed by atoms with E-state index in [1.54, 1.807) is 24.3 Å². The molecule has 0 atom stereocenters. The van der Waals surface area contributed by atoms with Gasteiger partial charge in [-0.25, -0.2) is 4.79 Å². The summed E-state index contributed by atoms with van der Waals surface area (Å²) >= 11 is 0. The third kappa shape index (κ3) is 3.92. The van der Waals surface area contributed by atoms with Crippen LogP contribution in [-0.2, 0) is 22.7 Å². The number of fused-ring (bicyclic) bond motifs is 1. The van der Waals surface area contributed by atoms with Crippen molar-refractivity contribution >= 4 is 11.7 Å². The molecule has 8 heteroatoms. The van der Waals surface area contributed by atoms with E-state index < -0.39 is 10.9 Å². The van der Waals surface area contributed by atoms with Crippen LogP contribution in [0.2, 0.25) is 0 Å². The second-order valence-corrected chi connectivity index (χ2v) is 5.49. The lowest BCUT2D eigenvalue weighted by atomic mass is 10.1. The van der Waals surface area contributed by atoms with Gasteiger partial charge in [0.05, 0.1) is 23.7 Å². The lowest BCUT2D eigenvalue weighted by Gasteiger charge is -2.20. The summed E-state index contributed by atoms with van der Waals surface area (Å²) in [5.74, 6) is 0.576. The van der Waals surface area contributed by atoms with Crippen LogP contribution in [0.15, 0.2) is 36.4 Å². The maximum atomic E-state index is 12.2. The molecule has 0 fully saturated rings. The van der Waals surface area contributed by atoms with E-state index >= 15 is 0 Å². The van der Waals surface area contributed by atoms with Crippen molar-refractivity contribution in [3.8, 4) is 11.5 Å². The fourth-order valence-corrected chi connectivity index (χ4v) is 2.57. The first-order chi connectivity index (χ1) is 12.6. The summed E-state index contributed by atoms with van der Waals surface area (Å²) in [4.78, 5) is 22.8. The lowest BCUT2D eigenvalue weighted by Crippen LogP contribution is -2.15. The number of rotatable bonds is 6. The van der Waals surface area contributed by atoms with Gasteiger partial charge in [-0.3, -0.25) is 10.1 Å². The number of benzene rings is 2. The van der Waals surface area contributed by atoms with Crippen LogP contribution in [0.5, 0.6) is 11.5 Å². The fourth-order valence-electron chi connectivity index (χ4n) is 2.57. The second kappa shape index (κ2) is 7.83. The average Bonchev–Trinajstić information content (AvgIpc) is 2.66. The molecule has 0 spiro atoms. The van der Waals surface area contributed by atoms with Gasteiger partial charge in [0.25, 0.3) is 5.69 Å². The largest absolute Gasteiger partial charge is 0.494 e. The van der Waals surface area contributed by atoms with Crippen molar-refractivity contribution in [2.24, 2.45) is 0 Å². The van der Waals surface area contributed by atoms with Crippen molar-refractivity contribution in [1.29, 1.82) is 0 Å². The number of nitro benzene ring substituents is 1. The molecular formula is C18H17NO7. The van der Waals surface area contributed by atoms with Crippen LogP contribution in [-0.4, -0.2) is 24.3 Å². The molecule has 2 aromatic carbocycles. The van der Waals surface area contributed by atoms with Crippen LogP contribution in [0.3, 0.4) is 0 Å². The van der Waals surface area contributed by atoms with Crippen molar-refractivity contribution in [2.75, 3.05) is 13.4 Å². The zero-order valence-corrected chi connectivity index (χ0v) is 14.1. The van der Waals surface area contributed by atoms with Crippen LogP contribution in [0.4, 0.5) is 5.69 Å². The molecule has 0 radical (unpaired) electrons. The third-order valence-electron chi connectivity index (χ3n) is 3.74. The number of carbonyl (C=O) groups is 1. The molecule has 0 N–H and O–H groups in total. The molecule has 1 heterocycles. The molecule has 136 valence electrons. The van der Waals surface area contributed by atoms with E-state index in [9.17, 15) is 14.9 Å². The molecule has 1 aliphatic rings. The molecule has 0 bridgehead atoms. The second-order valence-electron chi connectivity index (χ2n) is 5.49. The lowest BCUT2D eigenvalue weighted by molar-refractivity contribution is -0.385. The first-order valence-electron chi connectivity index (χ1n) is 7.99. The molecule has 0 saturated carbocycles. The van der Waals surface area contributed by atoms with Crippen LogP contribution in [0, 0.1) is 10.1 Å². The number of esters is 1. The first kappa shape index (κ1) is 17.7. The smallest absolute Gasteiger partial charge is 0.338 e. The zero-order chi connectivity index (χ0) is 18.5. The normalized spacial score (nSPS) is 12.7. The van der Waals surface area contributed by atoms with Crippen molar-refractivity contribution in [2.45, 2.75) is 20.1 Å². The average molecular weight is 359 g/mol. The summed E-state index contributed by atoms with van der Waals surface area (Å²) in [6, 6.07) is 9.29. The van der Waals surface area contributed by atoms with E-state index in [1.165, 1.54) is 12.1 Å². The van der Waals surface area contributed by atoms with Gasteiger partial charge in [0, 0.05) is 23.3 Å². The first-order valence-corrected chi connectivity index (χ1v) is 7.99. The molecule has 26 heavy (non-hydrogen) atoms. The van der Waals surface area contributed by atoms with Crippen molar-refractivity contribution < 1.29 is 28.7 Å². The highest BCUT2D eigenvalue weighted by atomic mass is 16.7. The molecular weight excluding hydrogens is 342 g/mol. The maximum absolute atomic E-state index is 12.2. The Hall–Kier alpha value is -3.13. The van der Waals surface area contributed by atoms with Crippen molar-refractivity contribution in [3.05, 3.63) is 63.2 Å². The Bertz CT molecular complexity index is 817. The highest BCUT2D eigenvalue weighted by molar-refractivity contribution is 5.89. The number of carbonyl (C=O) groups excluding carboxylic acids is 1. The molecule has 1 aliphatic heterocycles. The quantitative estimate of drug-likeness (QED) is 0.444. The standard InChI is InChI=1S/C18H17NO7/c1-2-24-16-5-3-12(4-6-16)18(20)25-10-14-8-15(19(21)22)7-13-9-23-11-26-17(13)14/h3-8H,2,9-11H2,1H3. The van der Waals surface area contributed by atoms with E-state index in [4.69, 9.17) is 18.9 Å². The third-order valence-corrected chi connectivity index (χ3v) is 3.74. The Labute approximate surface area is 149 Å². The number of ether oxygens (including phenoxy) is 4. The predicted molar refractivity (Wildman–Crippen MR) is 90.1 cm³/mol. The summed E-state index contributed by atoms with van der Waals surface area (Å²) in [6.07, 6.45) is 0. The summed E-state index contributed by atoms with van der Waals surface area (Å²) in [6.45, 7) is 2.51. The molecule has 0 saturated heterocycles. The number of hydrogen-bond acceptors (Lipinski definition) is 7. The van der Waals surface area contributed by atoms with Gasteiger partial charge in [-0.1, -0.05) is 0 Å². The van der Waals surface area contributed by atoms with Crippen molar-refractivity contribution in [3.63, 3.8) is 0 Å². The van der Waals surface area contributed by atoms with Gasteiger partial charge in [0.2, 0.25) is 0 Å². The maximum Gasteiger partial charge on any atom is 0.338 e.